The molecule has 0 fully saturated rings. The van der Waals surface area contributed by atoms with Gasteiger partial charge in [-0.25, -0.2) is 0 Å². The van der Waals surface area contributed by atoms with Crippen molar-refractivity contribution in [2.45, 2.75) is 18.3 Å². The van der Waals surface area contributed by atoms with Crippen molar-refractivity contribution in [3.63, 3.8) is 0 Å². The smallest absolute Gasteiger partial charge is 0.403 e. The first-order valence-corrected chi connectivity index (χ1v) is 6.18. The van der Waals surface area contributed by atoms with Gasteiger partial charge in [0.2, 0.25) is 0 Å². The predicted octanol–water partition coefficient (Wildman–Crippen LogP) is 2.97. The van der Waals surface area contributed by atoms with Crippen molar-refractivity contribution in [1.82, 2.24) is 4.98 Å². The predicted molar refractivity (Wildman–Crippen MR) is 62.2 cm³/mol. The van der Waals surface area contributed by atoms with Gasteiger partial charge in [-0.05, 0) is 28.7 Å². The van der Waals surface area contributed by atoms with E-state index in [0.29, 0.717) is 11.0 Å². The molecule has 1 N–H and O–H groups in total. The molecule has 0 saturated carbocycles. The van der Waals surface area contributed by atoms with Gasteiger partial charge in [0.25, 0.3) is 0 Å². The van der Waals surface area contributed by atoms with E-state index in [2.05, 4.69) is 25.7 Å². The molecular weight excluding hydrogens is 406 g/mol. The molecule has 0 bridgehead atoms. The number of rotatable bonds is 3. The van der Waals surface area contributed by atoms with Gasteiger partial charge in [-0.2, -0.15) is 0 Å². The number of halogens is 5. The molecule has 0 radical (unpaired) electrons. The molecule has 1 aromatic rings. The van der Waals surface area contributed by atoms with Gasteiger partial charge in [0.1, 0.15) is 5.69 Å². The maximum Gasteiger partial charge on any atom is 0.573 e. The van der Waals surface area contributed by atoms with Crippen molar-refractivity contribution in [3.8, 4) is 5.75 Å². The zero-order valence-electron chi connectivity index (χ0n) is 7.68. The molecule has 0 aliphatic heterocycles. The minimum Gasteiger partial charge on any atom is -0.403 e. The average Bonchev–Trinajstić information content (AvgIpc) is 2.19. The zero-order valence-corrected chi connectivity index (χ0v) is 11.4. The monoisotopic (exact) mass is 411 g/mol. The van der Waals surface area contributed by atoms with Crippen LogP contribution in [0.2, 0.25) is 0 Å². The second-order valence-electron chi connectivity index (χ2n) is 2.71. The minimum absolute atomic E-state index is 0.126. The average molecular weight is 412 g/mol. The molecule has 1 aromatic heterocycles. The molecular formula is C8H6BrF3INO2. The van der Waals surface area contributed by atoms with E-state index in [-0.39, 0.29) is 9.26 Å². The number of aliphatic hydroxyl groups excluding tert-OH is 1. The number of hydrogen-bond acceptors (Lipinski definition) is 3. The highest BCUT2D eigenvalue weighted by molar-refractivity contribution is 14.1. The molecule has 0 atom stereocenters. The molecule has 0 saturated heterocycles. The Morgan fingerprint density at radius 3 is 2.56 bits per heavy atom. The number of hydrogen-bond donors (Lipinski definition) is 1. The van der Waals surface area contributed by atoms with Crippen molar-refractivity contribution in [3.05, 3.63) is 21.0 Å². The quantitative estimate of drug-likeness (QED) is 0.614. The van der Waals surface area contributed by atoms with Crippen LogP contribution in [0.3, 0.4) is 0 Å². The van der Waals surface area contributed by atoms with Crippen LogP contribution in [0.1, 0.15) is 11.4 Å². The summed E-state index contributed by atoms with van der Waals surface area (Å²) in [4.78, 5) is 3.83. The third-order valence-corrected chi connectivity index (χ3v) is 2.93. The lowest BCUT2D eigenvalue weighted by Crippen LogP contribution is -2.19. The minimum atomic E-state index is -4.79. The van der Waals surface area contributed by atoms with E-state index >= 15 is 0 Å². The van der Waals surface area contributed by atoms with Crippen molar-refractivity contribution in [2.75, 3.05) is 0 Å². The SMILES string of the molecule is OCc1nc(CBr)cc(I)c1OC(F)(F)F. The van der Waals surface area contributed by atoms with Gasteiger partial charge in [-0.3, -0.25) is 4.98 Å². The molecule has 0 aromatic carbocycles. The summed E-state index contributed by atoms with van der Waals surface area (Å²) in [5.41, 5.74) is 0.404. The summed E-state index contributed by atoms with van der Waals surface area (Å²) in [5, 5.41) is 9.32. The number of pyridine rings is 1. The molecule has 0 aliphatic rings. The topological polar surface area (TPSA) is 42.4 Å². The van der Waals surface area contributed by atoms with E-state index < -0.39 is 18.7 Å². The Hall–Kier alpha value is -0.0900. The molecule has 0 aliphatic carbocycles. The highest BCUT2D eigenvalue weighted by Gasteiger charge is 2.33. The van der Waals surface area contributed by atoms with Crippen molar-refractivity contribution < 1.29 is 23.0 Å². The summed E-state index contributed by atoms with van der Waals surface area (Å²) in [7, 11) is 0. The van der Waals surface area contributed by atoms with E-state index in [1.807, 2.05) is 0 Å². The zero-order chi connectivity index (χ0) is 12.3. The second kappa shape index (κ2) is 5.50. The Morgan fingerprint density at radius 2 is 2.12 bits per heavy atom. The fourth-order valence-corrected chi connectivity index (χ4v) is 2.07. The Labute approximate surface area is 111 Å². The summed E-state index contributed by atoms with van der Waals surface area (Å²) in [6.07, 6.45) is -4.79. The highest BCUT2D eigenvalue weighted by atomic mass is 127. The fraction of sp³-hybridized carbons (Fsp3) is 0.375. The van der Waals surface area contributed by atoms with E-state index in [9.17, 15) is 13.2 Å². The van der Waals surface area contributed by atoms with E-state index in [0.717, 1.165) is 0 Å². The summed E-state index contributed by atoms with van der Waals surface area (Å²) in [6, 6.07) is 1.45. The Balaban J connectivity index is 3.16. The van der Waals surface area contributed by atoms with E-state index in [4.69, 9.17) is 5.11 Å². The molecule has 8 heteroatoms. The molecule has 3 nitrogen and oxygen atoms in total. The third-order valence-electron chi connectivity index (χ3n) is 1.56. The summed E-state index contributed by atoms with van der Waals surface area (Å²) in [5.74, 6) is -0.444. The molecule has 0 spiro atoms. The molecule has 1 heterocycles. The van der Waals surface area contributed by atoms with Crippen LogP contribution in [0.4, 0.5) is 13.2 Å². The normalized spacial score (nSPS) is 11.6. The highest BCUT2D eigenvalue weighted by Crippen LogP contribution is 2.31. The molecule has 16 heavy (non-hydrogen) atoms. The van der Waals surface area contributed by atoms with Crippen molar-refractivity contribution in [2.24, 2.45) is 0 Å². The summed E-state index contributed by atoms with van der Waals surface area (Å²) >= 11 is 4.83. The number of aromatic nitrogens is 1. The first-order valence-electron chi connectivity index (χ1n) is 3.98. The largest absolute Gasteiger partial charge is 0.573 e. The summed E-state index contributed by atoms with van der Waals surface area (Å²) in [6.45, 7) is -0.609. The van der Waals surface area contributed by atoms with Crippen LogP contribution in [-0.4, -0.2) is 16.5 Å². The maximum atomic E-state index is 12.1. The van der Waals surface area contributed by atoms with Gasteiger partial charge >= 0.3 is 6.36 Å². The first kappa shape index (κ1) is 14.0. The van der Waals surface area contributed by atoms with Gasteiger partial charge in [-0.15, -0.1) is 13.2 Å². The maximum absolute atomic E-state index is 12.1. The lowest BCUT2D eigenvalue weighted by atomic mass is 10.3. The first-order chi connectivity index (χ1) is 7.37. The Morgan fingerprint density at radius 1 is 1.50 bits per heavy atom. The van der Waals surface area contributed by atoms with E-state index in [1.54, 1.807) is 22.6 Å². The standard InChI is InChI=1S/C8H6BrF3INO2/c9-2-4-1-5(13)7(6(3-15)14-4)16-8(10,11)12/h1,15H,2-3H2. The van der Waals surface area contributed by atoms with Crippen LogP contribution >= 0.6 is 38.5 Å². The van der Waals surface area contributed by atoms with Gasteiger partial charge in [0.05, 0.1) is 15.9 Å². The molecule has 90 valence electrons. The lowest BCUT2D eigenvalue weighted by molar-refractivity contribution is -0.275. The van der Waals surface area contributed by atoms with Crippen LogP contribution in [0.15, 0.2) is 6.07 Å². The van der Waals surface area contributed by atoms with Crippen LogP contribution < -0.4 is 4.74 Å². The fourth-order valence-electron chi connectivity index (χ4n) is 1.01. The number of nitrogens with zero attached hydrogens (tertiary/aromatic N) is 1. The third kappa shape index (κ3) is 3.74. The number of alkyl halides is 4. The van der Waals surface area contributed by atoms with Gasteiger partial charge < -0.3 is 9.84 Å². The molecule has 1 rings (SSSR count). The second-order valence-corrected chi connectivity index (χ2v) is 4.43. The van der Waals surface area contributed by atoms with Crippen LogP contribution in [0.5, 0.6) is 5.75 Å². The molecule has 0 amide bonds. The van der Waals surface area contributed by atoms with Crippen LogP contribution in [0, 0.1) is 3.57 Å². The number of ether oxygens (including phenoxy) is 1. The Bertz CT molecular complexity index is 386. The van der Waals surface area contributed by atoms with Crippen molar-refractivity contribution in [1.29, 1.82) is 0 Å². The lowest BCUT2D eigenvalue weighted by Gasteiger charge is -2.14. The molecule has 0 unspecified atom stereocenters. The summed E-state index contributed by atoms with van der Waals surface area (Å²) < 4.78 is 40.3. The van der Waals surface area contributed by atoms with Gasteiger partial charge in [-0.1, -0.05) is 15.9 Å². The van der Waals surface area contributed by atoms with Crippen LogP contribution in [-0.2, 0) is 11.9 Å². The van der Waals surface area contributed by atoms with Gasteiger partial charge in [0, 0.05) is 5.33 Å². The van der Waals surface area contributed by atoms with E-state index in [1.165, 1.54) is 6.07 Å². The van der Waals surface area contributed by atoms with Crippen molar-refractivity contribution >= 4 is 38.5 Å². The number of aliphatic hydroxyl groups is 1. The van der Waals surface area contributed by atoms with Gasteiger partial charge in [0.15, 0.2) is 5.75 Å². The Kier molecular flexibility index (Phi) is 4.80. The van der Waals surface area contributed by atoms with Crippen LogP contribution in [0.25, 0.3) is 0 Å².